The van der Waals surface area contributed by atoms with Crippen LogP contribution in [-0.2, 0) is 11.0 Å². The van der Waals surface area contributed by atoms with Gasteiger partial charge in [-0.1, -0.05) is 31.7 Å². The quantitative estimate of drug-likeness (QED) is 0.369. The Morgan fingerprint density at radius 2 is 1.29 bits per heavy atom. The number of benzene rings is 2. The molecule has 3 atom stereocenters. The first-order valence-electron chi connectivity index (χ1n) is 9.82. The SMILES string of the molecule is C.C[C@H](N)c1cccc(OC(F)F)c1.C[C@H](N[S@](=O)C(C)(C)C)c1cccc(OC(F)F)c1.Cl. The summed E-state index contributed by atoms with van der Waals surface area (Å²) in [5.74, 6) is 0.243. The maximum atomic E-state index is 12.1. The molecule has 0 aliphatic carbocycles. The molecule has 0 heterocycles. The monoisotopic (exact) mass is 530 g/mol. The molecule has 0 aromatic heterocycles. The molecule has 0 amide bonds. The van der Waals surface area contributed by atoms with Gasteiger partial charge in [0.25, 0.3) is 0 Å². The summed E-state index contributed by atoms with van der Waals surface area (Å²) in [7, 11) is -1.22. The zero-order chi connectivity index (χ0) is 24.5. The third-order valence-corrected chi connectivity index (χ3v) is 5.71. The first-order valence-corrected chi connectivity index (χ1v) is 11.0. The lowest BCUT2D eigenvalue weighted by Gasteiger charge is -2.22. The minimum atomic E-state index is -2.85. The van der Waals surface area contributed by atoms with E-state index in [2.05, 4.69) is 14.2 Å². The van der Waals surface area contributed by atoms with E-state index < -0.39 is 24.2 Å². The maximum absolute atomic E-state index is 12.1. The number of hydrogen-bond donors (Lipinski definition) is 2. The van der Waals surface area contributed by atoms with Gasteiger partial charge in [0.1, 0.15) is 11.5 Å². The minimum Gasteiger partial charge on any atom is -0.435 e. The van der Waals surface area contributed by atoms with Crippen molar-refractivity contribution < 1.29 is 31.2 Å². The molecule has 196 valence electrons. The Hall–Kier alpha value is -1.88. The average molecular weight is 531 g/mol. The summed E-state index contributed by atoms with van der Waals surface area (Å²) in [6, 6.07) is 12.4. The van der Waals surface area contributed by atoms with Crippen molar-refractivity contribution in [1.29, 1.82) is 0 Å². The van der Waals surface area contributed by atoms with Gasteiger partial charge in [-0.25, -0.2) is 8.93 Å². The van der Waals surface area contributed by atoms with E-state index in [1.807, 2.05) is 27.7 Å². The van der Waals surface area contributed by atoms with Gasteiger partial charge in [-0.2, -0.15) is 17.6 Å². The standard InChI is InChI=1S/C13H19F2NO2S.C9H11F2NO.CH4.ClH/c1-9(16-19(17)13(2,3)4)10-6-5-7-11(8-10)18-12(14)15;1-6(12)7-3-2-4-8(5-7)13-9(10)11;;/h5-9,12,16H,1-4H3;2-6,9H,12H2,1H3;1H4;1H/t9-,19+;6-;;/m00../s1. The van der Waals surface area contributed by atoms with Crippen LogP contribution in [0.4, 0.5) is 17.6 Å². The van der Waals surface area contributed by atoms with E-state index in [-0.39, 0.29) is 48.2 Å². The Labute approximate surface area is 208 Å². The highest BCUT2D eigenvalue weighted by atomic mass is 35.5. The van der Waals surface area contributed by atoms with Crippen LogP contribution < -0.4 is 19.9 Å². The lowest BCUT2D eigenvalue weighted by atomic mass is 10.1. The van der Waals surface area contributed by atoms with Gasteiger partial charge in [0.2, 0.25) is 0 Å². The van der Waals surface area contributed by atoms with Crippen LogP contribution in [0.1, 0.15) is 65.3 Å². The number of halogens is 5. The van der Waals surface area contributed by atoms with Crippen LogP contribution in [0, 0.1) is 0 Å². The van der Waals surface area contributed by atoms with Crippen LogP contribution >= 0.6 is 12.4 Å². The third kappa shape index (κ3) is 13.1. The molecule has 0 aliphatic rings. The van der Waals surface area contributed by atoms with E-state index in [9.17, 15) is 21.8 Å². The van der Waals surface area contributed by atoms with Gasteiger partial charge in [-0.05, 0) is 70.0 Å². The van der Waals surface area contributed by atoms with Gasteiger partial charge in [0, 0.05) is 12.1 Å². The zero-order valence-corrected chi connectivity index (χ0v) is 20.7. The van der Waals surface area contributed by atoms with Gasteiger partial charge in [-0.15, -0.1) is 12.4 Å². The third-order valence-electron chi connectivity index (χ3n) is 4.03. The maximum Gasteiger partial charge on any atom is 0.387 e. The minimum absolute atomic E-state index is 0. The molecule has 0 unspecified atom stereocenters. The number of ether oxygens (including phenoxy) is 2. The van der Waals surface area contributed by atoms with Crippen LogP contribution in [-0.4, -0.2) is 22.2 Å². The molecule has 34 heavy (non-hydrogen) atoms. The van der Waals surface area contributed by atoms with E-state index in [0.717, 1.165) is 11.1 Å². The second-order valence-corrected chi connectivity index (χ2v) is 9.91. The van der Waals surface area contributed by atoms with Crippen LogP contribution in [0.25, 0.3) is 0 Å². The van der Waals surface area contributed by atoms with Crippen molar-refractivity contribution in [3.05, 3.63) is 59.7 Å². The number of rotatable bonds is 8. The molecule has 0 radical (unpaired) electrons. The molecular weight excluding hydrogens is 496 g/mol. The first-order chi connectivity index (χ1) is 14.8. The topological polar surface area (TPSA) is 73.6 Å². The lowest BCUT2D eigenvalue weighted by Crippen LogP contribution is -2.34. The Morgan fingerprint density at radius 1 is 0.882 bits per heavy atom. The van der Waals surface area contributed by atoms with Gasteiger partial charge >= 0.3 is 13.2 Å². The van der Waals surface area contributed by atoms with Crippen LogP contribution in [0.15, 0.2) is 48.5 Å². The van der Waals surface area contributed by atoms with Crippen LogP contribution in [0.5, 0.6) is 11.5 Å². The van der Waals surface area contributed by atoms with E-state index in [4.69, 9.17) is 5.73 Å². The highest BCUT2D eigenvalue weighted by Crippen LogP contribution is 2.22. The number of alkyl halides is 4. The molecule has 0 saturated carbocycles. The number of hydrogen-bond acceptors (Lipinski definition) is 4. The zero-order valence-electron chi connectivity index (χ0n) is 19.1. The molecule has 2 rings (SSSR count). The number of nitrogens with one attached hydrogen (secondary N) is 1. The summed E-state index contributed by atoms with van der Waals surface area (Å²) >= 11 is 0. The predicted molar refractivity (Wildman–Crippen MR) is 132 cm³/mol. The van der Waals surface area contributed by atoms with Gasteiger partial charge in [0.05, 0.1) is 15.7 Å². The Bertz CT molecular complexity index is 868. The molecule has 0 bridgehead atoms. The summed E-state index contributed by atoms with van der Waals surface area (Å²) < 4.78 is 70.9. The number of nitrogens with two attached hydrogens (primary N) is 1. The molecule has 2 aromatic carbocycles. The molecule has 0 spiro atoms. The molecular formula is C23H35ClF4N2O3S. The highest BCUT2D eigenvalue weighted by Gasteiger charge is 2.21. The lowest BCUT2D eigenvalue weighted by molar-refractivity contribution is -0.0505. The van der Waals surface area contributed by atoms with Crippen molar-refractivity contribution in [3.63, 3.8) is 0 Å². The second kappa shape index (κ2) is 15.9. The van der Waals surface area contributed by atoms with Crippen molar-refractivity contribution in [2.45, 2.75) is 72.1 Å². The first kappa shape index (κ1) is 34.3. The fourth-order valence-electron chi connectivity index (χ4n) is 2.34. The largest absolute Gasteiger partial charge is 0.435 e. The summed E-state index contributed by atoms with van der Waals surface area (Å²) in [6.45, 7) is 3.55. The van der Waals surface area contributed by atoms with Crippen molar-refractivity contribution >= 4 is 23.4 Å². The van der Waals surface area contributed by atoms with Gasteiger partial charge in [-0.3, -0.25) is 0 Å². The fraction of sp³-hybridized carbons (Fsp3) is 0.478. The smallest absolute Gasteiger partial charge is 0.387 e. The molecule has 0 aliphatic heterocycles. The van der Waals surface area contributed by atoms with Gasteiger partial charge < -0.3 is 15.2 Å². The molecule has 0 fully saturated rings. The summed E-state index contributed by atoms with van der Waals surface area (Å²) in [5.41, 5.74) is 7.09. The average Bonchev–Trinajstić information content (AvgIpc) is 2.67. The molecule has 2 aromatic rings. The second-order valence-electron chi connectivity index (χ2n) is 7.91. The molecule has 5 nitrogen and oxygen atoms in total. The van der Waals surface area contributed by atoms with Crippen molar-refractivity contribution in [2.75, 3.05) is 0 Å². The van der Waals surface area contributed by atoms with Crippen molar-refractivity contribution in [2.24, 2.45) is 5.73 Å². The van der Waals surface area contributed by atoms with E-state index >= 15 is 0 Å². The predicted octanol–water partition coefficient (Wildman–Crippen LogP) is 6.77. The highest BCUT2D eigenvalue weighted by molar-refractivity contribution is 7.84. The van der Waals surface area contributed by atoms with E-state index in [1.165, 1.54) is 24.3 Å². The molecule has 0 saturated heterocycles. The Balaban J connectivity index is 0. The summed E-state index contributed by atoms with van der Waals surface area (Å²) in [4.78, 5) is 0. The molecule has 11 heteroatoms. The van der Waals surface area contributed by atoms with Crippen LogP contribution in [0.2, 0.25) is 0 Å². The van der Waals surface area contributed by atoms with E-state index in [0.29, 0.717) is 0 Å². The normalized spacial score (nSPS) is 13.5. The summed E-state index contributed by atoms with van der Waals surface area (Å²) in [5, 5.41) is 0. The van der Waals surface area contributed by atoms with Crippen molar-refractivity contribution in [3.8, 4) is 11.5 Å². The fourth-order valence-corrected chi connectivity index (χ4v) is 3.15. The Morgan fingerprint density at radius 3 is 1.68 bits per heavy atom. The summed E-state index contributed by atoms with van der Waals surface area (Å²) in [6.07, 6.45) is 0. The van der Waals surface area contributed by atoms with Crippen LogP contribution in [0.3, 0.4) is 0 Å². The van der Waals surface area contributed by atoms with E-state index in [1.54, 1.807) is 31.2 Å². The van der Waals surface area contributed by atoms with Gasteiger partial charge in [0.15, 0.2) is 0 Å². The Kier molecular flexibility index (Phi) is 16.0. The molecule has 3 N–H and O–H groups in total. The van der Waals surface area contributed by atoms with Crippen molar-refractivity contribution in [1.82, 2.24) is 4.72 Å².